The van der Waals surface area contributed by atoms with Crippen molar-refractivity contribution in [1.82, 2.24) is 5.32 Å². The van der Waals surface area contributed by atoms with Gasteiger partial charge in [-0.25, -0.2) is 0 Å². The summed E-state index contributed by atoms with van der Waals surface area (Å²) in [5.41, 5.74) is 0. The highest BCUT2D eigenvalue weighted by molar-refractivity contribution is 7.99. The molecular weight excluding hydrogens is 194 g/mol. The van der Waals surface area contributed by atoms with E-state index in [1.807, 2.05) is 11.8 Å². The fourth-order valence-electron chi connectivity index (χ4n) is 1.71. The van der Waals surface area contributed by atoms with Gasteiger partial charge in [-0.2, -0.15) is 11.8 Å². The molecule has 1 fully saturated rings. The van der Waals surface area contributed by atoms with E-state index in [2.05, 4.69) is 26.2 Å². The predicted molar refractivity (Wildman–Crippen MR) is 64.0 cm³/mol. The lowest BCUT2D eigenvalue weighted by molar-refractivity contribution is 0.129. The third kappa shape index (κ3) is 4.20. The Hall–Kier alpha value is 0.270. The van der Waals surface area contributed by atoms with E-state index in [1.54, 1.807) is 0 Å². The molecular formula is C11H23NOS. The van der Waals surface area contributed by atoms with Gasteiger partial charge in [-0.15, -0.1) is 0 Å². The van der Waals surface area contributed by atoms with Crippen LogP contribution >= 0.6 is 11.8 Å². The van der Waals surface area contributed by atoms with Gasteiger partial charge in [0.2, 0.25) is 0 Å². The summed E-state index contributed by atoms with van der Waals surface area (Å²) in [5.74, 6) is 3.09. The Morgan fingerprint density at radius 3 is 2.79 bits per heavy atom. The maximum Gasteiger partial charge on any atom is 0.0666 e. The SMILES string of the molecule is CNC(CSCC1CCCO1)C(C)C. The van der Waals surface area contributed by atoms with Crippen LogP contribution in [0.15, 0.2) is 0 Å². The van der Waals surface area contributed by atoms with E-state index in [0.717, 1.165) is 12.5 Å². The molecule has 2 unspecified atom stereocenters. The zero-order valence-electron chi connectivity index (χ0n) is 9.58. The van der Waals surface area contributed by atoms with Gasteiger partial charge in [0.25, 0.3) is 0 Å². The lowest BCUT2D eigenvalue weighted by atomic mass is 10.1. The molecule has 14 heavy (non-hydrogen) atoms. The van der Waals surface area contributed by atoms with E-state index < -0.39 is 0 Å². The third-order valence-electron chi connectivity index (χ3n) is 2.80. The summed E-state index contributed by atoms with van der Waals surface area (Å²) in [7, 11) is 2.05. The van der Waals surface area contributed by atoms with Crippen LogP contribution in [0.4, 0.5) is 0 Å². The van der Waals surface area contributed by atoms with Crippen molar-refractivity contribution in [2.24, 2.45) is 5.92 Å². The molecule has 0 aliphatic carbocycles. The summed E-state index contributed by atoms with van der Waals surface area (Å²) in [6.45, 7) is 5.52. The van der Waals surface area contributed by atoms with Gasteiger partial charge in [-0.3, -0.25) is 0 Å². The van der Waals surface area contributed by atoms with Crippen molar-refractivity contribution in [2.75, 3.05) is 25.2 Å². The largest absolute Gasteiger partial charge is 0.377 e. The van der Waals surface area contributed by atoms with Gasteiger partial charge in [-0.05, 0) is 25.8 Å². The number of rotatable bonds is 6. The zero-order chi connectivity index (χ0) is 10.4. The first-order valence-corrected chi connectivity index (χ1v) is 6.76. The number of hydrogen-bond acceptors (Lipinski definition) is 3. The highest BCUT2D eigenvalue weighted by Crippen LogP contribution is 2.18. The van der Waals surface area contributed by atoms with E-state index in [4.69, 9.17) is 4.74 Å². The fraction of sp³-hybridized carbons (Fsp3) is 1.00. The predicted octanol–water partition coefficient (Wildman–Crippen LogP) is 2.14. The molecule has 1 rings (SSSR count). The molecule has 1 saturated heterocycles. The van der Waals surface area contributed by atoms with Gasteiger partial charge in [0.1, 0.15) is 0 Å². The van der Waals surface area contributed by atoms with Crippen LogP contribution in [0.5, 0.6) is 0 Å². The Balaban J connectivity index is 2.06. The maximum absolute atomic E-state index is 5.59. The van der Waals surface area contributed by atoms with E-state index in [0.29, 0.717) is 12.1 Å². The van der Waals surface area contributed by atoms with Crippen LogP contribution in [-0.2, 0) is 4.74 Å². The van der Waals surface area contributed by atoms with Crippen molar-refractivity contribution >= 4 is 11.8 Å². The standard InChI is InChI=1S/C11H23NOS/c1-9(2)11(12-3)8-14-7-10-5-4-6-13-10/h9-12H,4-8H2,1-3H3. The number of nitrogens with one attached hydrogen (secondary N) is 1. The Bertz CT molecular complexity index is 146. The van der Waals surface area contributed by atoms with Crippen LogP contribution in [0.25, 0.3) is 0 Å². The van der Waals surface area contributed by atoms with Crippen LogP contribution in [0, 0.1) is 5.92 Å². The van der Waals surface area contributed by atoms with Gasteiger partial charge >= 0.3 is 0 Å². The number of hydrogen-bond donors (Lipinski definition) is 1. The topological polar surface area (TPSA) is 21.3 Å². The van der Waals surface area contributed by atoms with Gasteiger partial charge in [0, 0.05) is 24.2 Å². The maximum atomic E-state index is 5.59. The summed E-state index contributed by atoms with van der Waals surface area (Å²) in [6.07, 6.45) is 3.05. The lowest BCUT2D eigenvalue weighted by Crippen LogP contribution is -2.33. The van der Waals surface area contributed by atoms with E-state index in [-0.39, 0.29) is 0 Å². The Labute approximate surface area is 92.2 Å². The van der Waals surface area contributed by atoms with Crippen LogP contribution in [0.1, 0.15) is 26.7 Å². The Morgan fingerprint density at radius 1 is 1.50 bits per heavy atom. The molecule has 1 aliphatic rings. The first-order chi connectivity index (χ1) is 6.74. The fourth-order valence-corrected chi connectivity index (χ4v) is 3.18. The summed E-state index contributed by atoms with van der Waals surface area (Å²) >= 11 is 2.02. The first kappa shape index (κ1) is 12.3. The summed E-state index contributed by atoms with van der Waals surface area (Å²) < 4.78 is 5.59. The molecule has 0 saturated carbocycles. The molecule has 1 heterocycles. The Kier molecular flexibility index (Phi) is 5.90. The zero-order valence-corrected chi connectivity index (χ0v) is 10.4. The minimum absolute atomic E-state index is 0.532. The van der Waals surface area contributed by atoms with Gasteiger partial charge in [-0.1, -0.05) is 13.8 Å². The lowest BCUT2D eigenvalue weighted by Gasteiger charge is -2.20. The Morgan fingerprint density at radius 2 is 2.29 bits per heavy atom. The molecule has 0 spiro atoms. The number of ether oxygens (including phenoxy) is 1. The van der Waals surface area contributed by atoms with Crippen molar-refractivity contribution in [3.8, 4) is 0 Å². The second kappa shape index (κ2) is 6.70. The average molecular weight is 217 g/mol. The first-order valence-electron chi connectivity index (χ1n) is 5.60. The normalized spacial score (nSPS) is 24.4. The highest BCUT2D eigenvalue weighted by atomic mass is 32.2. The second-order valence-electron chi connectivity index (χ2n) is 4.31. The summed E-state index contributed by atoms with van der Waals surface area (Å²) in [5, 5.41) is 3.37. The van der Waals surface area contributed by atoms with Crippen molar-refractivity contribution in [3.05, 3.63) is 0 Å². The smallest absolute Gasteiger partial charge is 0.0666 e. The monoisotopic (exact) mass is 217 g/mol. The summed E-state index contributed by atoms with van der Waals surface area (Å²) in [4.78, 5) is 0. The molecule has 2 atom stereocenters. The van der Waals surface area contributed by atoms with E-state index >= 15 is 0 Å². The second-order valence-corrected chi connectivity index (χ2v) is 5.39. The molecule has 0 aromatic rings. The molecule has 0 aromatic heterocycles. The quantitative estimate of drug-likeness (QED) is 0.736. The van der Waals surface area contributed by atoms with Crippen molar-refractivity contribution in [2.45, 2.75) is 38.8 Å². The van der Waals surface area contributed by atoms with Crippen molar-refractivity contribution in [3.63, 3.8) is 0 Å². The molecule has 84 valence electrons. The number of thioether (sulfide) groups is 1. The van der Waals surface area contributed by atoms with Gasteiger partial charge < -0.3 is 10.1 Å². The molecule has 0 bridgehead atoms. The molecule has 1 N–H and O–H groups in total. The third-order valence-corrected chi connectivity index (χ3v) is 4.00. The minimum Gasteiger partial charge on any atom is -0.377 e. The minimum atomic E-state index is 0.532. The molecule has 0 radical (unpaired) electrons. The highest BCUT2D eigenvalue weighted by Gasteiger charge is 2.17. The molecule has 3 heteroatoms. The molecule has 0 amide bonds. The molecule has 1 aliphatic heterocycles. The van der Waals surface area contributed by atoms with Crippen molar-refractivity contribution < 1.29 is 4.74 Å². The van der Waals surface area contributed by atoms with Crippen LogP contribution < -0.4 is 5.32 Å². The summed E-state index contributed by atoms with van der Waals surface area (Å²) in [6, 6.07) is 0.640. The van der Waals surface area contributed by atoms with Crippen LogP contribution in [-0.4, -0.2) is 37.3 Å². The average Bonchev–Trinajstić information content (AvgIpc) is 2.64. The molecule has 0 aromatic carbocycles. The van der Waals surface area contributed by atoms with E-state index in [1.165, 1.54) is 24.3 Å². The van der Waals surface area contributed by atoms with Gasteiger partial charge in [0.05, 0.1) is 6.10 Å². The van der Waals surface area contributed by atoms with Crippen LogP contribution in [0.3, 0.4) is 0 Å². The van der Waals surface area contributed by atoms with Gasteiger partial charge in [0.15, 0.2) is 0 Å². The molecule has 2 nitrogen and oxygen atoms in total. The van der Waals surface area contributed by atoms with Crippen molar-refractivity contribution in [1.29, 1.82) is 0 Å². The van der Waals surface area contributed by atoms with E-state index in [9.17, 15) is 0 Å². The van der Waals surface area contributed by atoms with Crippen LogP contribution in [0.2, 0.25) is 0 Å².